The second-order valence-electron chi connectivity index (χ2n) is 10.5. The molecule has 4 aromatic rings. The minimum absolute atomic E-state index is 0.0956. The van der Waals surface area contributed by atoms with Gasteiger partial charge in [0.05, 0.1) is 18.6 Å². The Labute approximate surface area is 227 Å². The molecule has 1 amide bonds. The first kappa shape index (κ1) is 27.0. The number of fused-ring (bicyclic) bond motifs is 2. The van der Waals surface area contributed by atoms with Crippen LogP contribution in [-0.2, 0) is 30.5 Å². The number of para-hydroxylation sites is 1. The van der Waals surface area contributed by atoms with Crippen LogP contribution in [0.15, 0.2) is 66.9 Å². The number of carbonyl (C=O) groups is 1. The first-order valence-corrected chi connectivity index (χ1v) is 13.7. The first-order chi connectivity index (χ1) is 18.9. The zero-order valence-electron chi connectivity index (χ0n) is 22.1. The van der Waals surface area contributed by atoms with Gasteiger partial charge in [0.1, 0.15) is 11.6 Å². The van der Waals surface area contributed by atoms with Crippen molar-refractivity contribution in [2.75, 3.05) is 6.54 Å². The first-order valence-electron chi connectivity index (χ1n) is 13.7. The minimum Gasteiger partial charge on any atom is -0.390 e. The lowest BCUT2D eigenvalue weighted by Crippen LogP contribution is -2.49. The van der Waals surface area contributed by atoms with Crippen LogP contribution >= 0.6 is 0 Å². The van der Waals surface area contributed by atoms with Crippen LogP contribution in [0.2, 0.25) is 0 Å². The Morgan fingerprint density at radius 2 is 1.87 bits per heavy atom. The monoisotopic (exact) mass is 531 g/mol. The van der Waals surface area contributed by atoms with Gasteiger partial charge in [0, 0.05) is 35.8 Å². The van der Waals surface area contributed by atoms with Gasteiger partial charge in [0.25, 0.3) is 0 Å². The average Bonchev–Trinajstić information content (AvgIpc) is 3.33. The van der Waals surface area contributed by atoms with Gasteiger partial charge in [0.2, 0.25) is 5.91 Å². The zero-order chi connectivity index (χ0) is 27.4. The van der Waals surface area contributed by atoms with E-state index in [-0.39, 0.29) is 31.3 Å². The molecule has 1 aliphatic carbocycles. The molecule has 5 nitrogen and oxygen atoms in total. The lowest BCUT2D eigenvalue weighted by molar-refractivity contribution is -0.122. The van der Waals surface area contributed by atoms with Gasteiger partial charge >= 0.3 is 0 Å². The molecule has 0 radical (unpaired) electrons. The molecule has 1 aromatic heterocycles. The molecule has 0 fully saturated rings. The van der Waals surface area contributed by atoms with E-state index in [1.807, 2.05) is 30.5 Å². The Kier molecular flexibility index (Phi) is 8.38. The number of H-pyrrole nitrogens is 1. The van der Waals surface area contributed by atoms with Crippen molar-refractivity contribution in [3.05, 3.63) is 106 Å². The number of nitrogens with one attached hydrogen (secondary N) is 3. The second-order valence-corrected chi connectivity index (χ2v) is 10.5. The lowest BCUT2D eigenvalue weighted by atomic mass is 9.86. The minimum atomic E-state index is -0.969. The summed E-state index contributed by atoms with van der Waals surface area (Å²) in [5.74, 6) is -1.64. The van der Waals surface area contributed by atoms with Gasteiger partial charge in [-0.3, -0.25) is 4.79 Å². The van der Waals surface area contributed by atoms with Gasteiger partial charge in [-0.15, -0.1) is 0 Å². The highest BCUT2D eigenvalue weighted by molar-refractivity contribution is 5.89. The van der Waals surface area contributed by atoms with Crippen molar-refractivity contribution in [3.8, 4) is 0 Å². The van der Waals surface area contributed by atoms with Crippen LogP contribution in [-0.4, -0.2) is 34.7 Å². The number of rotatable bonds is 10. The molecule has 0 spiro atoms. The maximum absolute atomic E-state index is 13.9. The SMILES string of the molecule is CCc1ccc2c(c1)C(NCC(O)C(Cc1cc(F)cc(F)c1)NC(=O)Cc1c[nH]c3ccccc13)CCC2. The van der Waals surface area contributed by atoms with Gasteiger partial charge in [-0.2, -0.15) is 0 Å². The van der Waals surface area contributed by atoms with Crippen molar-refractivity contribution in [2.45, 2.75) is 63.6 Å². The molecule has 0 bridgehead atoms. The molecule has 0 saturated heterocycles. The number of aryl methyl sites for hydroxylation is 2. The van der Waals surface area contributed by atoms with Gasteiger partial charge < -0.3 is 20.7 Å². The predicted octanol–water partition coefficient (Wildman–Crippen LogP) is 5.31. The summed E-state index contributed by atoms with van der Waals surface area (Å²) in [6, 6.07) is 17.0. The van der Waals surface area contributed by atoms with Crippen LogP contribution < -0.4 is 10.6 Å². The van der Waals surface area contributed by atoms with Crippen LogP contribution in [0.3, 0.4) is 0 Å². The zero-order valence-corrected chi connectivity index (χ0v) is 22.1. The van der Waals surface area contributed by atoms with E-state index >= 15 is 0 Å². The van der Waals surface area contributed by atoms with E-state index in [1.165, 1.54) is 28.8 Å². The fraction of sp³-hybridized carbons (Fsp3) is 0.344. The molecule has 3 unspecified atom stereocenters. The van der Waals surface area contributed by atoms with E-state index in [9.17, 15) is 18.7 Å². The standard InChI is InChI=1S/C32H35F2N3O2/c1-2-20-10-11-22-6-5-9-29(27(22)14-20)36-19-31(38)30(15-21-12-24(33)17-25(34)13-21)37-32(39)16-23-18-35-28-8-4-3-7-26(23)28/h3-4,7-8,10-14,17-18,29-31,35-36,38H,2,5-6,9,15-16,19H2,1H3,(H,37,39). The highest BCUT2D eigenvalue weighted by Gasteiger charge is 2.26. The van der Waals surface area contributed by atoms with Crippen molar-refractivity contribution in [1.29, 1.82) is 0 Å². The van der Waals surface area contributed by atoms with Crippen LogP contribution in [0.25, 0.3) is 10.9 Å². The van der Waals surface area contributed by atoms with Crippen LogP contribution in [0.4, 0.5) is 8.78 Å². The van der Waals surface area contributed by atoms with Crippen molar-refractivity contribution in [3.63, 3.8) is 0 Å². The third kappa shape index (κ3) is 6.54. The van der Waals surface area contributed by atoms with Crippen LogP contribution in [0.1, 0.15) is 53.6 Å². The Bertz CT molecular complexity index is 1430. The Morgan fingerprint density at radius 3 is 2.67 bits per heavy atom. The van der Waals surface area contributed by atoms with Gasteiger partial charge in [-0.1, -0.05) is 43.3 Å². The normalized spacial score (nSPS) is 16.6. The molecule has 5 rings (SSSR count). The molecule has 39 heavy (non-hydrogen) atoms. The summed E-state index contributed by atoms with van der Waals surface area (Å²) in [6.45, 7) is 2.37. The number of aromatic amines is 1. The lowest BCUT2D eigenvalue weighted by Gasteiger charge is -2.30. The number of benzene rings is 3. The summed E-state index contributed by atoms with van der Waals surface area (Å²) in [7, 11) is 0. The summed E-state index contributed by atoms with van der Waals surface area (Å²) in [5, 5.41) is 18.7. The summed E-state index contributed by atoms with van der Waals surface area (Å²) < 4.78 is 27.9. The van der Waals surface area contributed by atoms with E-state index in [0.717, 1.165) is 48.2 Å². The molecular formula is C32H35F2N3O2. The molecule has 204 valence electrons. The van der Waals surface area contributed by atoms with E-state index in [4.69, 9.17) is 0 Å². The van der Waals surface area contributed by atoms with E-state index in [0.29, 0.717) is 5.56 Å². The molecule has 3 atom stereocenters. The largest absolute Gasteiger partial charge is 0.390 e. The molecule has 3 aromatic carbocycles. The van der Waals surface area contributed by atoms with Crippen molar-refractivity contribution < 1.29 is 18.7 Å². The number of hydrogen-bond acceptors (Lipinski definition) is 3. The number of aliphatic hydroxyl groups excluding tert-OH is 1. The Morgan fingerprint density at radius 1 is 1.08 bits per heavy atom. The summed E-state index contributed by atoms with van der Waals surface area (Å²) in [4.78, 5) is 16.3. The number of aromatic nitrogens is 1. The predicted molar refractivity (Wildman–Crippen MR) is 150 cm³/mol. The number of carbonyl (C=O) groups excluding carboxylic acids is 1. The number of hydrogen-bond donors (Lipinski definition) is 4. The van der Waals surface area contributed by atoms with Crippen molar-refractivity contribution in [2.24, 2.45) is 0 Å². The van der Waals surface area contributed by atoms with Crippen LogP contribution in [0.5, 0.6) is 0 Å². The highest BCUT2D eigenvalue weighted by Crippen LogP contribution is 2.31. The van der Waals surface area contributed by atoms with Gasteiger partial charge in [-0.25, -0.2) is 8.78 Å². The molecule has 0 saturated carbocycles. The Balaban J connectivity index is 1.31. The molecule has 7 heteroatoms. The van der Waals surface area contributed by atoms with Crippen molar-refractivity contribution in [1.82, 2.24) is 15.6 Å². The third-order valence-electron chi connectivity index (χ3n) is 7.72. The van der Waals surface area contributed by atoms with Crippen molar-refractivity contribution >= 4 is 16.8 Å². The summed E-state index contributed by atoms with van der Waals surface area (Å²) >= 11 is 0. The third-order valence-corrected chi connectivity index (χ3v) is 7.72. The molecular weight excluding hydrogens is 496 g/mol. The number of amides is 1. The molecule has 1 aliphatic rings. The smallest absolute Gasteiger partial charge is 0.224 e. The van der Waals surface area contributed by atoms with E-state index in [1.54, 1.807) is 0 Å². The highest BCUT2D eigenvalue weighted by atomic mass is 19.1. The molecule has 0 aliphatic heterocycles. The van der Waals surface area contributed by atoms with Gasteiger partial charge in [0.15, 0.2) is 0 Å². The topological polar surface area (TPSA) is 77.2 Å². The van der Waals surface area contributed by atoms with Gasteiger partial charge in [-0.05, 0) is 78.1 Å². The fourth-order valence-corrected chi connectivity index (χ4v) is 5.66. The fourth-order valence-electron chi connectivity index (χ4n) is 5.66. The van der Waals surface area contributed by atoms with E-state index < -0.39 is 23.8 Å². The molecule has 1 heterocycles. The maximum Gasteiger partial charge on any atom is 0.224 e. The molecule has 4 N–H and O–H groups in total. The maximum atomic E-state index is 13.9. The Hall–Kier alpha value is -3.55. The van der Waals surface area contributed by atoms with Crippen LogP contribution in [0, 0.1) is 11.6 Å². The summed E-state index contributed by atoms with van der Waals surface area (Å²) in [6.07, 6.45) is 5.06. The summed E-state index contributed by atoms with van der Waals surface area (Å²) in [5.41, 5.74) is 6.02. The second kappa shape index (κ2) is 12.1. The number of aliphatic hydroxyl groups is 1. The van der Waals surface area contributed by atoms with E-state index in [2.05, 4.69) is 40.7 Å². The number of halogens is 2. The quantitative estimate of drug-likeness (QED) is 0.224. The average molecular weight is 532 g/mol.